The second-order valence-corrected chi connectivity index (χ2v) is 6.56. The third-order valence-corrected chi connectivity index (χ3v) is 4.16. The summed E-state index contributed by atoms with van der Waals surface area (Å²) in [6.07, 6.45) is 5.70. The zero-order valence-electron chi connectivity index (χ0n) is 16.8. The molecule has 2 aromatic rings. The summed E-state index contributed by atoms with van der Waals surface area (Å²) in [7, 11) is 1.49. The number of rotatable bonds is 8. The van der Waals surface area contributed by atoms with Gasteiger partial charge in [0.25, 0.3) is 0 Å². The largest absolute Gasteiger partial charge is 0.496 e. The second kappa shape index (κ2) is 10.2. The van der Waals surface area contributed by atoms with Gasteiger partial charge in [-0.2, -0.15) is 0 Å². The molecule has 0 amide bonds. The highest BCUT2D eigenvalue weighted by Crippen LogP contribution is 2.37. The zero-order chi connectivity index (χ0) is 21.4. The molecule has 0 aromatic heterocycles. The van der Waals surface area contributed by atoms with Crippen molar-refractivity contribution in [1.29, 1.82) is 0 Å². The molecule has 0 spiro atoms. The van der Waals surface area contributed by atoms with E-state index in [9.17, 15) is 14.7 Å². The van der Waals surface area contributed by atoms with E-state index in [-0.39, 0.29) is 17.9 Å². The first-order chi connectivity index (χ1) is 13.9. The van der Waals surface area contributed by atoms with Gasteiger partial charge in [0.1, 0.15) is 11.3 Å². The van der Waals surface area contributed by atoms with E-state index in [1.165, 1.54) is 7.11 Å². The van der Waals surface area contributed by atoms with Crippen molar-refractivity contribution in [3.63, 3.8) is 0 Å². The first kappa shape index (κ1) is 21.9. The highest BCUT2D eigenvalue weighted by atomic mass is 16.5. The van der Waals surface area contributed by atoms with Crippen molar-refractivity contribution in [3.8, 4) is 11.5 Å². The lowest BCUT2D eigenvalue weighted by Crippen LogP contribution is -2.22. The lowest BCUT2D eigenvalue weighted by Gasteiger charge is -2.17. The van der Waals surface area contributed by atoms with Gasteiger partial charge in [-0.05, 0) is 37.5 Å². The van der Waals surface area contributed by atoms with Crippen LogP contribution >= 0.6 is 0 Å². The molecular formula is C23H25NO5. The molecule has 2 rings (SSSR count). The van der Waals surface area contributed by atoms with Gasteiger partial charge in [-0.3, -0.25) is 4.79 Å². The van der Waals surface area contributed by atoms with Gasteiger partial charge >= 0.3 is 11.9 Å². The van der Waals surface area contributed by atoms with E-state index in [1.54, 1.807) is 18.2 Å². The summed E-state index contributed by atoms with van der Waals surface area (Å²) >= 11 is 0. The number of allylic oxidation sites excluding steroid dienone is 2. The highest BCUT2D eigenvalue weighted by molar-refractivity contribution is 5.98. The topological polar surface area (TPSA) is 98.9 Å². The predicted molar refractivity (Wildman–Crippen MR) is 113 cm³/mol. The minimum Gasteiger partial charge on any atom is -0.496 e. The smallest absolute Gasteiger partial charge is 0.340 e. The van der Waals surface area contributed by atoms with Crippen LogP contribution in [0.1, 0.15) is 40.9 Å². The number of esters is 1. The summed E-state index contributed by atoms with van der Waals surface area (Å²) in [6, 6.07) is 11.1. The normalized spacial score (nSPS) is 10.6. The number of hydrogen-bond acceptors (Lipinski definition) is 5. The van der Waals surface area contributed by atoms with Crippen LogP contribution in [0.3, 0.4) is 0 Å². The van der Waals surface area contributed by atoms with Gasteiger partial charge in [0.15, 0.2) is 5.75 Å². The van der Waals surface area contributed by atoms with E-state index in [4.69, 9.17) is 15.2 Å². The van der Waals surface area contributed by atoms with Crippen LogP contribution in [0.5, 0.6) is 11.5 Å². The van der Waals surface area contributed by atoms with Crippen molar-refractivity contribution < 1.29 is 24.2 Å². The number of carboxylic acid groups (broad SMARTS) is 1. The predicted octanol–water partition coefficient (Wildman–Crippen LogP) is 3.94. The highest BCUT2D eigenvalue weighted by Gasteiger charge is 2.25. The minimum atomic E-state index is -1.21. The number of carbonyl (C=O) groups excluding carboxylic acids is 1. The molecule has 2 aromatic carbocycles. The Morgan fingerprint density at radius 3 is 2.38 bits per heavy atom. The van der Waals surface area contributed by atoms with Gasteiger partial charge in [-0.15, -0.1) is 0 Å². The molecule has 0 unspecified atom stereocenters. The van der Waals surface area contributed by atoms with Crippen LogP contribution in [0, 0.1) is 0 Å². The summed E-state index contributed by atoms with van der Waals surface area (Å²) in [5, 5.41) is 9.88. The van der Waals surface area contributed by atoms with Crippen LogP contribution in [0.2, 0.25) is 0 Å². The fourth-order valence-corrected chi connectivity index (χ4v) is 2.75. The van der Waals surface area contributed by atoms with Crippen molar-refractivity contribution in [2.75, 3.05) is 13.7 Å². The van der Waals surface area contributed by atoms with Crippen LogP contribution < -0.4 is 15.2 Å². The Morgan fingerprint density at radius 2 is 1.83 bits per heavy atom. The number of benzene rings is 2. The summed E-state index contributed by atoms with van der Waals surface area (Å²) < 4.78 is 10.8. The Kier molecular flexibility index (Phi) is 7.74. The van der Waals surface area contributed by atoms with E-state index >= 15 is 0 Å². The van der Waals surface area contributed by atoms with Gasteiger partial charge in [-0.1, -0.05) is 54.1 Å². The number of aromatic carboxylic acids is 1. The minimum absolute atomic E-state index is 0.0440. The molecule has 0 bridgehead atoms. The number of methoxy groups -OCH3 is 1. The quantitative estimate of drug-likeness (QED) is 0.304. The summed E-state index contributed by atoms with van der Waals surface area (Å²) in [6.45, 7) is 3.48. The Morgan fingerprint density at radius 1 is 1.14 bits per heavy atom. The number of carboxylic acids is 1. The number of nitrogens with two attached hydrogens (primary N) is 1. The molecule has 3 N–H and O–H groups in total. The van der Waals surface area contributed by atoms with Gasteiger partial charge < -0.3 is 20.3 Å². The molecule has 0 atom stereocenters. The van der Waals surface area contributed by atoms with E-state index < -0.39 is 11.9 Å². The molecule has 0 aliphatic carbocycles. The Balaban J connectivity index is 2.71. The van der Waals surface area contributed by atoms with E-state index in [2.05, 4.69) is 0 Å². The van der Waals surface area contributed by atoms with Crippen molar-refractivity contribution >= 4 is 24.1 Å². The van der Waals surface area contributed by atoms with Crippen LogP contribution in [-0.4, -0.2) is 30.7 Å². The fourth-order valence-electron chi connectivity index (χ4n) is 2.75. The van der Waals surface area contributed by atoms with Crippen molar-refractivity contribution in [2.45, 2.75) is 20.3 Å². The van der Waals surface area contributed by atoms with Gasteiger partial charge in [-0.25, -0.2) is 4.79 Å². The van der Waals surface area contributed by atoms with E-state index in [1.807, 2.05) is 50.3 Å². The molecule has 0 heterocycles. The van der Waals surface area contributed by atoms with Crippen LogP contribution in [0.15, 0.2) is 48.0 Å². The summed E-state index contributed by atoms with van der Waals surface area (Å²) in [5.74, 6) is -1.55. The fraction of sp³-hybridized carbons (Fsp3) is 0.217. The maximum atomic E-state index is 12.1. The summed E-state index contributed by atoms with van der Waals surface area (Å²) in [4.78, 5) is 24.0. The lowest BCUT2D eigenvalue weighted by molar-refractivity contribution is -0.132. The van der Waals surface area contributed by atoms with Crippen LogP contribution in [0.25, 0.3) is 12.2 Å². The van der Waals surface area contributed by atoms with Crippen molar-refractivity contribution in [2.24, 2.45) is 5.73 Å². The molecular weight excluding hydrogens is 370 g/mol. The van der Waals surface area contributed by atoms with Crippen molar-refractivity contribution in [3.05, 3.63) is 70.3 Å². The Bertz CT molecular complexity index is 941. The maximum absolute atomic E-state index is 12.1. The van der Waals surface area contributed by atoms with E-state index in [0.717, 1.165) is 11.1 Å². The second-order valence-electron chi connectivity index (χ2n) is 6.56. The Hall–Kier alpha value is -3.38. The molecule has 0 fully saturated rings. The molecule has 6 nitrogen and oxygen atoms in total. The third-order valence-electron chi connectivity index (χ3n) is 4.16. The molecule has 6 heteroatoms. The molecule has 0 saturated heterocycles. The van der Waals surface area contributed by atoms with Crippen LogP contribution in [-0.2, 0) is 11.2 Å². The SMILES string of the molecule is COc1cc(C=Cc2ccccc2)c(C(=O)O)c(OC(=O)CN)c1CC=C(C)C. The number of hydrogen-bond donors (Lipinski definition) is 2. The molecule has 0 saturated carbocycles. The van der Waals surface area contributed by atoms with Gasteiger partial charge in [0, 0.05) is 5.56 Å². The van der Waals surface area contributed by atoms with Gasteiger partial charge in [0.2, 0.25) is 0 Å². The molecule has 152 valence electrons. The van der Waals surface area contributed by atoms with Gasteiger partial charge in [0.05, 0.1) is 13.7 Å². The Labute approximate surface area is 170 Å². The zero-order valence-corrected chi connectivity index (χ0v) is 16.8. The standard InChI is InChI=1S/C23H25NO5/c1-15(2)9-12-18-19(28-3)13-17(11-10-16-7-5-4-6-8-16)21(23(26)27)22(18)29-20(25)14-24/h4-11,13H,12,14,24H2,1-3H3,(H,26,27). The maximum Gasteiger partial charge on any atom is 0.340 e. The molecule has 0 aliphatic heterocycles. The monoisotopic (exact) mass is 395 g/mol. The molecule has 0 radical (unpaired) electrons. The van der Waals surface area contributed by atoms with E-state index in [0.29, 0.717) is 23.3 Å². The molecule has 29 heavy (non-hydrogen) atoms. The average Bonchev–Trinajstić information content (AvgIpc) is 2.70. The van der Waals surface area contributed by atoms with Crippen LogP contribution in [0.4, 0.5) is 0 Å². The molecule has 0 aliphatic rings. The average molecular weight is 395 g/mol. The summed E-state index contributed by atoms with van der Waals surface area (Å²) in [5.41, 5.74) is 8.04. The third kappa shape index (κ3) is 5.80. The number of ether oxygens (including phenoxy) is 2. The number of carbonyl (C=O) groups is 2. The van der Waals surface area contributed by atoms with Crippen molar-refractivity contribution in [1.82, 2.24) is 0 Å². The first-order valence-corrected chi connectivity index (χ1v) is 9.11. The first-order valence-electron chi connectivity index (χ1n) is 9.11. The lowest BCUT2D eigenvalue weighted by atomic mass is 9.97.